The first-order valence-electron chi connectivity index (χ1n) is 9.01. The van der Waals surface area contributed by atoms with Crippen LogP contribution in [0.1, 0.15) is 34.0 Å². The lowest BCUT2D eigenvalue weighted by molar-refractivity contribution is 0.0964. The standard InChI is InChI=1S/C22H18N4O/c23-20-19-17(11-15(12-18(19)27)14-7-3-1-4-8-14)25-22-21(20)24-13-26(22)16-9-5-2-6-10-16/h1-10,13,15H,11-12H2,(H2,23,25)/t15-/m1/s1. The van der Waals surface area contributed by atoms with Crippen LogP contribution in [-0.2, 0) is 6.42 Å². The van der Waals surface area contributed by atoms with E-state index in [0.717, 1.165) is 16.9 Å². The van der Waals surface area contributed by atoms with Crippen molar-refractivity contribution < 1.29 is 4.79 Å². The third-order valence-electron chi connectivity index (χ3n) is 5.25. The summed E-state index contributed by atoms with van der Waals surface area (Å²) >= 11 is 0. The number of fused-ring (bicyclic) bond motifs is 2. The van der Waals surface area contributed by atoms with Crippen LogP contribution in [0.15, 0.2) is 67.0 Å². The molecule has 0 saturated heterocycles. The molecule has 2 aromatic carbocycles. The second-order valence-corrected chi connectivity index (χ2v) is 6.91. The molecule has 1 aliphatic carbocycles. The van der Waals surface area contributed by atoms with Crippen LogP contribution in [0, 0.1) is 0 Å². The minimum absolute atomic E-state index is 0.0475. The molecule has 1 atom stereocenters. The van der Waals surface area contributed by atoms with E-state index in [1.165, 1.54) is 0 Å². The van der Waals surface area contributed by atoms with Crippen molar-refractivity contribution in [2.24, 2.45) is 0 Å². The van der Waals surface area contributed by atoms with Crippen LogP contribution in [0.2, 0.25) is 0 Å². The van der Waals surface area contributed by atoms with E-state index >= 15 is 0 Å². The minimum Gasteiger partial charge on any atom is -0.396 e. The number of benzene rings is 2. The van der Waals surface area contributed by atoms with Crippen LogP contribution in [0.5, 0.6) is 0 Å². The molecule has 1 aliphatic rings. The number of ketones is 1. The Balaban J connectivity index is 1.67. The van der Waals surface area contributed by atoms with Crippen molar-refractivity contribution in [2.75, 3.05) is 5.73 Å². The van der Waals surface area contributed by atoms with E-state index in [-0.39, 0.29) is 11.7 Å². The quantitative estimate of drug-likeness (QED) is 0.592. The summed E-state index contributed by atoms with van der Waals surface area (Å²) in [4.78, 5) is 22.1. The van der Waals surface area contributed by atoms with Gasteiger partial charge in [-0.25, -0.2) is 9.97 Å². The largest absolute Gasteiger partial charge is 0.396 e. The zero-order valence-electron chi connectivity index (χ0n) is 14.7. The zero-order valence-corrected chi connectivity index (χ0v) is 14.7. The molecule has 132 valence electrons. The molecule has 0 unspecified atom stereocenters. The van der Waals surface area contributed by atoms with Crippen LogP contribution in [0.25, 0.3) is 16.9 Å². The summed E-state index contributed by atoms with van der Waals surface area (Å²) in [6, 6.07) is 20.0. The molecule has 0 saturated carbocycles. The molecule has 2 N–H and O–H groups in total. The molecule has 0 fully saturated rings. The number of nitrogens with zero attached hydrogens (tertiary/aromatic N) is 3. The highest BCUT2D eigenvalue weighted by Crippen LogP contribution is 2.37. The first-order chi connectivity index (χ1) is 13.2. The smallest absolute Gasteiger partial charge is 0.167 e. The van der Waals surface area contributed by atoms with E-state index in [2.05, 4.69) is 17.1 Å². The highest BCUT2D eigenvalue weighted by Gasteiger charge is 2.31. The number of carbonyl (C=O) groups is 1. The molecule has 5 rings (SSSR count). The van der Waals surface area contributed by atoms with E-state index in [1.54, 1.807) is 6.33 Å². The third-order valence-corrected chi connectivity index (χ3v) is 5.25. The topological polar surface area (TPSA) is 73.8 Å². The van der Waals surface area contributed by atoms with Gasteiger partial charge in [0.05, 0.1) is 16.9 Å². The molecule has 27 heavy (non-hydrogen) atoms. The lowest BCUT2D eigenvalue weighted by atomic mass is 9.81. The number of hydrogen-bond donors (Lipinski definition) is 1. The van der Waals surface area contributed by atoms with Gasteiger partial charge in [0.25, 0.3) is 0 Å². The van der Waals surface area contributed by atoms with Crippen LogP contribution >= 0.6 is 0 Å². The molecule has 2 aromatic heterocycles. The summed E-state index contributed by atoms with van der Waals surface area (Å²) in [5.41, 5.74) is 11.5. The predicted molar refractivity (Wildman–Crippen MR) is 105 cm³/mol. The molecule has 4 aromatic rings. The Kier molecular flexibility index (Phi) is 3.53. The Hall–Kier alpha value is -3.47. The molecular weight excluding hydrogens is 336 g/mol. The maximum atomic E-state index is 12.9. The number of anilines is 1. The van der Waals surface area contributed by atoms with Crippen LogP contribution in [0.3, 0.4) is 0 Å². The van der Waals surface area contributed by atoms with Gasteiger partial charge in [0.1, 0.15) is 11.8 Å². The molecule has 2 heterocycles. The third kappa shape index (κ3) is 2.51. The average Bonchev–Trinajstić information content (AvgIpc) is 3.13. The van der Waals surface area contributed by atoms with E-state index in [0.29, 0.717) is 35.3 Å². The average molecular weight is 354 g/mol. The SMILES string of the molecule is Nc1c2c(nc3c1ncn3-c1ccccc1)C[C@@H](c1ccccc1)CC2=O. The summed E-state index contributed by atoms with van der Waals surface area (Å²) in [5.74, 6) is 0.176. The maximum absolute atomic E-state index is 12.9. The fraction of sp³-hybridized carbons (Fsp3) is 0.136. The number of rotatable bonds is 2. The van der Waals surface area contributed by atoms with Crippen molar-refractivity contribution in [3.8, 4) is 5.69 Å². The number of para-hydroxylation sites is 1. The lowest BCUT2D eigenvalue weighted by Crippen LogP contribution is -2.22. The highest BCUT2D eigenvalue weighted by molar-refractivity contribution is 6.08. The molecule has 0 aliphatic heterocycles. The molecular formula is C22H18N4O. The van der Waals surface area contributed by atoms with Crippen molar-refractivity contribution in [3.63, 3.8) is 0 Å². The van der Waals surface area contributed by atoms with Crippen molar-refractivity contribution in [1.82, 2.24) is 14.5 Å². The zero-order chi connectivity index (χ0) is 18.4. The van der Waals surface area contributed by atoms with Crippen molar-refractivity contribution >= 4 is 22.6 Å². The number of aromatic nitrogens is 3. The van der Waals surface area contributed by atoms with Gasteiger partial charge in [0, 0.05) is 12.1 Å². The monoisotopic (exact) mass is 354 g/mol. The van der Waals surface area contributed by atoms with Gasteiger partial charge in [-0.3, -0.25) is 9.36 Å². The van der Waals surface area contributed by atoms with Gasteiger partial charge < -0.3 is 5.73 Å². The Morgan fingerprint density at radius 3 is 2.41 bits per heavy atom. The number of carbonyl (C=O) groups excluding carboxylic acids is 1. The van der Waals surface area contributed by atoms with Crippen molar-refractivity contribution in [3.05, 3.63) is 83.8 Å². The second-order valence-electron chi connectivity index (χ2n) is 6.91. The van der Waals surface area contributed by atoms with E-state index < -0.39 is 0 Å². The second kappa shape index (κ2) is 6.06. The van der Waals surface area contributed by atoms with Gasteiger partial charge in [0.15, 0.2) is 11.4 Å². The minimum atomic E-state index is 0.0475. The number of nitrogen functional groups attached to an aromatic ring is 1. The summed E-state index contributed by atoms with van der Waals surface area (Å²) in [6.45, 7) is 0. The van der Waals surface area contributed by atoms with Crippen molar-refractivity contribution in [1.29, 1.82) is 0 Å². The fourth-order valence-electron chi connectivity index (χ4n) is 3.93. The summed E-state index contributed by atoms with van der Waals surface area (Å²) < 4.78 is 1.92. The number of nitrogens with two attached hydrogens (primary N) is 1. The first-order valence-corrected chi connectivity index (χ1v) is 9.01. The molecule has 0 bridgehead atoms. The molecule has 0 spiro atoms. The maximum Gasteiger partial charge on any atom is 0.167 e. The van der Waals surface area contributed by atoms with Crippen LogP contribution in [0.4, 0.5) is 5.69 Å². The lowest BCUT2D eigenvalue weighted by Gasteiger charge is -2.24. The van der Waals surface area contributed by atoms with Gasteiger partial charge in [-0.2, -0.15) is 0 Å². The van der Waals surface area contributed by atoms with Gasteiger partial charge in [0.2, 0.25) is 0 Å². The van der Waals surface area contributed by atoms with E-state index in [4.69, 9.17) is 10.7 Å². The Morgan fingerprint density at radius 2 is 1.67 bits per heavy atom. The summed E-state index contributed by atoms with van der Waals surface area (Å²) in [6.07, 6.45) is 2.87. The normalized spacial score (nSPS) is 16.4. The highest BCUT2D eigenvalue weighted by atomic mass is 16.1. The molecule has 5 nitrogen and oxygen atoms in total. The Bertz CT molecular complexity index is 1150. The molecule has 0 radical (unpaired) electrons. The number of imidazole rings is 1. The van der Waals surface area contributed by atoms with Gasteiger partial charge in [-0.1, -0.05) is 48.5 Å². The number of Topliss-reactive ketones (excluding diaryl/α,β-unsaturated/α-hetero) is 1. The summed E-state index contributed by atoms with van der Waals surface area (Å²) in [7, 11) is 0. The molecule has 5 heteroatoms. The predicted octanol–water partition coefficient (Wildman–Crippen LogP) is 3.92. The van der Waals surface area contributed by atoms with E-state index in [9.17, 15) is 4.79 Å². The Labute approximate surface area is 156 Å². The van der Waals surface area contributed by atoms with E-state index in [1.807, 2.05) is 53.1 Å². The molecule has 0 amide bonds. The van der Waals surface area contributed by atoms with Crippen LogP contribution in [-0.4, -0.2) is 20.3 Å². The number of pyridine rings is 1. The first kappa shape index (κ1) is 15.8. The van der Waals surface area contributed by atoms with Gasteiger partial charge in [-0.05, 0) is 30.0 Å². The number of hydrogen-bond acceptors (Lipinski definition) is 4. The fourth-order valence-corrected chi connectivity index (χ4v) is 3.93. The Morgan fingerprint density at radius 1 is 0.963 bits per heavy atom. The van der Waals surface area contributed by atoms with Gasteiger partial charge in [-0.15, -0.1) is 0 Å². The van der Waals surface area contributed by atoms with Crippen LogP contribution < -0.4 is 5.73 Å². The van der Waals surface area contributed by atoms with Crippen molar-refractivity contribution in [2.45, 2.75) is 18.8 Å². The van der Waals surface area contributed by atoms with Gasteiger partial charge >= 0.3 is 0 Å². The summed E-state index contributed by atoms with van der Waals surface area (Å²) in [5, 5.41) is 0.